The van der Waals surface area contributed by atoms with Gasteiger partial charge in [0.2, 0.25) is 0 Å². The van der Waals surface area contributed by atoms with Gasteiger partial charge >= 0.3 is 11.9 Å². The largest absolute Gasteiger partial charge is 0.464 e. The number of carbonyl (C=O) groups excluding carboxylic acids is 2. The molecule has 0 saturated heterocycles. The van der Waals surface area contributed by atoms with E-state index in [1.165, 1.54) is 0 Å². The summed E-state index contributed by atoms with van der Waals surface area (Å²) in [6, 6.07) is 0. The van der Waals surface area contributed by atoms with Crippen molar-refractivity contribution in [1.82, 2.24) is 0 Å². The molecule has 6 nitrogen and oxygen atoms in total. The maximum Gasteiger partial charge on any atom is 0.334 e. The zero-order chi connectivity index (χ0) is 15.8. The number of ether oxygens (including phenoxy) is 2. The van der Waals surface area contributed by atoms with Crippen LogP contribution in [0.3, 0.4) is 0 Å². The summed E-state index contributed by atoms with van der Waals surface area (Å²) in [5.41, 5.74) is 0. The third-order valence-corrected chi connectivity index (χ3v) is 2.32. The smallest absolute Gasteiger partial charge is 0.334 e. The van der Waals surface area contributed by atoms with Gasteiger partial charge in [-0.05, 0) is 20.3 Å². The first-order valence-electron chi connectivity index (χ1n) is 7.14. The van der Waals surface area contributed by atoms with E-state index in [-0.39, 0.29) is 0 Å². The van der Waals surface area contributed by atoms with Gasteiger partial charge in [0.15, 0.2) is 6.10 Å². The molecule has 0 radical (unpaired) electrons. The molecule has 0 aliphatic carbocycles. The maximum absolute atomic E-state index is 10.9. The van der Waals surface area contributed by atoms with Gasteiger partial charge in [-0.1, -0.05) is 32.6 Å². The van der Waals surface area contributed by atoms with Crippen molar-refractivity contribution in [2.24, 2.45) is 0 Å². The molecular weight excluding hydrogens is 264 g/mol. The topological polar surface area (TPSA) is 93.1 Å². The summed E-state index contributed by atoms with van der Waals surface area (Å²) in [6.45, 7) is 5.70. The van der Waals surface area contributed by atoms with E-state index >= 15 is 0 Å². The number of esters is 2. The van der Waals surface area contributed by atoms with Gasteiger partial charge in [-0.25, -0.2) is 9.59 Å². The lowest BCUT2D eigenvalue weighted by Crippen LogP contribution is -2.22. The van der Waals surface area contributed by atoms with Crippen LogP contribution in [0.5, 0.6) is 0 Å². The maximum atomic E-state index is 10.9. The first-order valence-corrected chi connectivity index (χ1v) is 7.14. The molecule has 1 unspecified atom stereocenters. The lowest BCUT2D eigenvalue weighted by molar-refractivity contribution is -0.153. The van der Waals surface area contributed by atoms with Crippen LogP contribution in [0.15, 0.2) is 0 Å². The Morgan fingerprint density at radius 3 is 2.00 bits per heavy atom. The lowest BCUT2D eigenvalue weighted by Gasteiger charge is -2.08. The number of hydrogen-bond donors (Lipinski definition) is 2. The van der Waals surface area contributed by atoms with Crippen molar-refractivity contribution >= 4 is 11.9 Å². The quantitative estimate of drug-likeness (QED) is 0.493. The van der Waals surface area contributed by atoms with Crippen molar-refractivity contribution < 1.29 is 29.3 Å². The van der Waals surface area contributed by atoms with E-state index in [2.05, 4.69) is 16.4 Å². The van der Waals surface area contributed by atoms with Crippen LogP contribution >= 0.6 is 0 Å². The highest BCUT2D eigenvalue weighted by Gasteiger charge is 2.14. The Balaban J connectivity index is 0. The van der Waals surface area contributed by atoms with Gasteiger partial charge in [0.1, 0.15) is 6.61 Å². The van der Waals surface area contributed by atoms with Crippen molar-refractivity contribution in [3.63, 3.8) is 0 Å². The van der Waals surface area contributed by atoms with Gasteiger partial charge in [-0.15, -0.1) is 0 Å². The van der Waals surface area contributed by atoms with E-state index in [0.717, 1.165) is 25.7 Å². The fourth-order valence-electron chi connectivity index (χ4n) is 1.33. The van der Waals surface area contributed by atoms with Gasteiger partial charge in [0.05, 0.1) is 13.2 Å². The molecule has 0 spiro atoms. The Morgan fingerprint density at radius 2 is 1.60 bits per heavy atom. The molecule has 0 rings (SSSR count). The summed E-state index contributed by atoms with van der Waals surface area (Å²) in [7, 11) is 0. The third-order valence-electron chi connectivity index (χ3n) is 2.32. The Hall–Kier alpha value is -1.14. The second-order valence-electron chi connectivity index (χ2n) is 4.08. The second kappa shape index (κ2) is 15.9. The Kier molecular flexibility index (Phi) is 16.8. The van der Waals surface area contributed by atoms with E-state index < -0.39 is 24.6 Å². The zero-order valence-corrected chi connectivity index (χ0v) is 12.8. The van der Waals surface area contributed by atoms with E-state index in [9.17, 15) is 14.7 Å². The van der Waals surface area contributed by atoms with E-state index in [1.54, 1.807) is 13.8 Å². The minimum Gasteiger partial charge on any atom is -0.464 e. The van der Waals surface area contributed by atoms with Crippen LogP contribution in [0.2, 0.25) is 0 Å². The van der Waals surface area contributed by atoms with Gasteiger partial charge in [-0.2, -0.15) is 0 Å². The summed E-state index contributed by atoms with van der Waals surface area (Å²) in [5.74, 6) is -1.05. The second-order valence-corrected chi connectivity index (χ2v) is 4.08. The average Bonchev–Trinajstić information content (AvgIpc) is 2.44. The van der Waals surface area contributed by atoms with Crippen molar-refractivity contribution in [2.45, 2.75) is 59.0 Å². The molecule has 0 saturated carbocycles. The first kappa shape index (κ1) is 21.2. The highest BCUT2D eigenvalue weighted by Crippen LogP contribution is 2.06. The molecular formula is C14H28O6. The first-order chi connectivity index (χ1) is 9.53. The van der Waals surface area contributed by atoms with Crippen LogP contribution in [0.1, 0.15) is 52.9 Å². The summed E-state index contributed by atoms with van der Waals surface area (Å²) in [4.78, 5) is 20.9. The van der Waals surface area contributed by atoms with Crippen LogP contribution in [0.25, 0.3) is 0 Å². The summed E-state index contributed by atoms with van der Waals surface area (Å²) in [5, 5.41) is 17.3. The third kappa shape index (κ3) is 14.9. The molecule has 0 bridgehead atoms. The molecule has 0 aromatic carbocycles. The number of unbranched alkanes of at least 4 members (excludes halogenated alkanes) is 3. The van der Waals surface area contributed by atoms with Crippen LogP contribution < -0.4 is 0 Å². The van der Waals surface area contributed by atoms with E-state index in [0.29, 0.717) is 19.6 Å². The van der Waals surface area contributed by atoms with Crippen molar-refractivity contribution in [3.05, 3.63) is 0 Å². The highest BCUT2D eigenvalue weighted by atomic mass is 16.5. The molecule has 0 aromatic rings. The normalized spacial score (nSPS) is 11.1. The number of rotatable bonds is 9. The lowest BCUT2D eigenvalue weighted by atomic mass is 10.1. The standard InChI is InChI=1S/C10H20O3.C4H8O3/c1-3-5-6-7-8-9(11)10(12)13-4-2;1-2-7-4(6)3-5/h9,11H,3-8H2,1-2H3;5H,2-3H2,1H3. The molecule has 0 aliphatic heterocycles. The Labute approximate surface area is 121 Å². The van der Waals surface area contributed by atoms with Crippen LogP contribution in [-0.4, -0.2) is 48.1 Å². The monoisotopic (exact) mass is 292 g/mol. The molecule has 6 heteroatoms. The molecule has 0 aliphatic rings. The number of hydrogen-bond acceptors (Lipinski definition) is 6. The zero-order valence-electron chi connectivity index (χ0n) is 12.8. The molecule has 20 heavy (non-hydrogen) atoms. The average molecular weight is 292 g/mol. The molecule has 0 heterocycles. The van der Waals surface area contributed by atoms with Gasteiger partial charge < -0.3 is 19.7 Å². The number of aliphatic hydroxyl groups excluding tert-OH is 2. The molecule has 1 atom stereocenters. The van der Waals surface area contributed by atoms with Crippen molar-refractivity contribution in [2.75, 3.05) is 19.8 Å². The fraction of sp³-hybridized carbons (Fsp3) is 0.857. The van der Waals surface area contributed by atoms with Gasteiger partial charge in [0, 0.05) is 0 Å². The predicted molar refractivity (Wildman–Crippen MR) is 75.1 cm³/mol. The number of aliphatic hydroxyl groups is 2. The van der Waals surface area contributed by atoms with Gasteiger partial charge in [0.25, 0.3) is 0 Å². The predicted octanol–water partition coefficient (Wildman–Crippen LogP) is 1.42. The Morgan fingerprint density at radius 1 is 1.00 bits per heavy atom. The Bertz CT molecular complexity index is 242. The van der Waals surface area contributed by atoms with Crippen LogP contribution in [0.4, 0.5) is 0 Å². The molecule has 2 N–H and O–H groups in total. The van der Waals surface area contributed by atoms with Crippen molar-refractivity contribution in [3.8, 4) is 0 Å². The van der Waals surface area contributed by atoms with Crippen LogP contribution in [0, 0.1) is 0 Å². The summed E-state index contributed by atoms with van der Waals surface area (Å²) < 4.78 is 8.97. The molecule has 0 aromatic heterocycles. The van der Waals surface area contributed by atoms with Crippen molar-refractivity contribution in [1.29, 1.82) is 0 Å². The highest BCUT2D eigenvalue weighted by molar-refractivity contribution is 5.74. The molecule has 120 valence electrons. The minimum absolute atomic E-state index is 0.333. The SMILES string of the molecule is CCCCCCC(O)C(=O)OCC.CCOC(=O)CO. The fourth-order valence-corrected chi connectivity index (χ4v) is 1.33. The summed E-state index contributed by atoms with van der Waals surface area (Å²) >= 11 is 0. The van der Waals surface area contributed by atoms with Crippen LogP contribution in [-0.2, 0) is 19.1 Å². The number of carbonyl (C=O) groups is 2. The minimum atomic E-state index is -0.920. The molecule has 0 amide bonds. The van der Waals surface area contributed by atoms with Gasteiger partial charge in [-0.3, -0.25) is 0 Å². The summed E-state index contributed by atoms with van der Waals surface area (Å²) in [6.07, 6.45) is 3.90. The van der Waals surface area contributed by atoms with E-state index in [1.807, 2.05) is 0 Å². The van der Waals surface area contributed by atoms with E-state index in [4.69, 9.17) is 5.11 Å². The molecule has 0 fully saturated rings.